The molecule has 0 bridgehead atoms. The van der Waals surface area contributed by atoms with Crippen LogP contribution in [0, 0.1) is 13.8 Å². The quantitative estimate of drug-likeness (QED) is 0.509. The zero-order valence-electron chi connectivity index (χ0n) is 14.3. The first-order chi connectivity index (χ1) is 11.0. The summed E-state index contributed by atoms with van der Waals surface area (Å²) in [6, 6.07) is 4.65. The van der Waals surface area contributed by atoms with Crippen molar-refractivity contribution in [1.82, 2.24) is 10.2 Å². The number of rotatable bonds is 4. The fraction of sp³-hybridized carbons (Fsp3) is 0.556. The fourth-order valence-corrected chi connectivity index (χ4v) is 3.21. The average Bonchev–Trinajstić information content (AvgIpc) is 2.46. The van der Waals surface area contributed by atoms with Crippen LogP contribution in [0.25, 0.3) is 0 Å². The molecule has 0 saturated carbocycles. The Morgan fingerprint density at radius 3 is 2.74 bits per heavy atom. The summed E-state index contributed by atoms with van der Waals surface area (Å²) in [4.78, 5) is 13.9. The Bertz CT molecular complexity index is 584. The zero-order chi connectivity index (χ0) is 16.8. The number of fused-ring (bicyclic) bond motifs is 1. The van der Waals surface area contributed by atoms with Gasteiger partial charge in [-0.25, -0.2) is 0 Å². The molecule has 1 aromatic rings. The number of nitrogens with zero attached hydrogens (tertiary/aromatic N) is 2. The minimum absolute atomic E-state index is 0.00919. The van der Waals surface area contributed by atoms with Gasteiger partial charge in [0.2, 0.25) is 0 Å². The van der Waals surface area contributed by atoms with Gasteiger partial charge in [-0.1, -0.05) is 17.3 Å². The lowest BCUT2D eigenvalue weighted by Crippen LogP contribution is -2.42. The number of benzene rings is 1. The molecule has 0 fully saturated rings. The van der Waals surface area contributed by atoms with Crippen molar-refractivity contribution in [3.63, 3.8) is 0 Å². The van der Waals surface area contributed by atoms with Gasteiger partial charge in [-0.15, -0.1) is 0 Å². The first-order valence-electron chi connectivity index (χ1n) is 8.29. The Balaban J connectivity index is 2.05. The van der Waals surface area contributed by atoms with E-state index < -0.39 is 0 Å². The number of nitrogens with one attached hydrogen (secondary N) is 1. The smallest absolute Gasteiger partial charge is 0.266 e. The molecule has 1 aliphatic heterocycles. The minimum Gasteiger partial charge on any atom is -0.411 e. The van der Waals surface area contributed by atoms with Crippen molar-refractivity contribution in [2.24, 2.45) is 5.16 Å². The summed E-state index contributed by atoms with van der Waals surface area (Å²) in [5.74, 6) is -0.362. The van der Waals surface area contributed by atoms with E-state index in [1.807, 2.05) is 6.92 Å². The van der Waals surface area contributed by atoms with E-state index in [0.717, 1.165) is 32.3 Å². The Labute approximate surface area is 138 Å². The van der Waals surface area contributed by atoms with Crippen molar-refractivity contribution in [1.29, 1.82) is 0 Å². The van der Waals surface area contributed by atoms with Crippen LogP contribution >= 0.6 is 0 Å². The molecule has 126 valence electrons. The second-order valence-corrected chi connectivity index (χ2v) is 6.55. The van der Waals surface area contributed by atoms with Crippen molar-refractivity contribution in [3.8, 4) is 0 Å². The second kappa shape index (κ2) is 8.11. The van der Waals surface area contributed by atoms with Crippen molar-refractivity contribution in [3.05, 3.63) is 34.4 Å². The van der Waals surface area contributed by atoms with E-state index in [9.17, 15) is 4.79 Å². The van der Waals surface area contributed by atoms with Gasteiger partial charge >= 0.3 is 0 Å². The van der Waals surface area contributed by atoms with Crippen LogP contribution in [-0.4, -0.2) is 41.4 Å². The predicted molar refractivity (Wildman–Crippen MR) is 92.0 cm³/mol. The van der Waals surface area contributed by atoms with E-state index in [-0.39, 0.29) is 11.9 Å². The molecule has 0 aromatic heterocycles. The number of carbonyl (C=O) groups excluding carboxylic acids is 1. The van der Waals surface area contributed by atoms with Gasteiger partial charge in [0, 0.05) is 19.1 Å². The molecule has 2 rings (SSSR count). The number of hydrogen-bond donors (Lipinski definition) is 2. The van der Waals surface area contributed by atoms with E-state index >= 15 is 0 Å². The molecular weight excluding hydrogens is 290 g/mol. The van der Waals surface area contributed by atoms with Crippen LogP contribution in [0.15, 0.2) is 17.3 Å². The van der Waals surface area contributed by atoms with Gasteiger partial charge in [0.1, 0.15) is 6.21 Å². The molecule has 1 aromatic carbocycles. The number of amides is 1. The Morgan fingerprint density at radius 2 is 2.04 bits per heavy atom. The van der Waals surface area contributed by atoms with Crippen molar-refractivity contribution in [2.45, 2.75) is 52.6 Å². The molecule has 1 heterocycles. The Morgan fingerprint density at radius 1 is 1.35 bits per heavy atom. The third-order valence-electron chi connectivity index (χ3n) is 4.48. The van der Waals surface area contributed by atoms with Gasteiger partial charge in [-0.2, -0.15) is 0 Å². The predicted octanol–water partition coefficient (Wildman–Crippen LogP) is 2.41. The number of carbonyl (C=O) groups is 1. The molecule has 0 saturated heterocycles. The van der Waals surface area contributed by atoms with E-state index in [2.05, 4.69) is 41.4 Å². The molecule has 0 radical (unpaired) electrons. The molecule has 1 atom stereocenters. The molecule has 0 spiro atoms. The van der Waals surface area contributed by atoms with Gasteiger partial charge in [0.05, 0.1) is 0 Å². The van der Waals surface area contributed by atoms with E-state index in [1.165, 1.54) is 35.1 Å². The highest BCUT2D eigenvalue weighted by molar-refractivity contribution is 6.26. The molecule has 23 heavy (non-hydrogen) atoms. The SMILES string of the molecule is Cc1cc2c(cc1C)CN(C[C@H](C)NC(=O)/C=N\O)CCCC2. The maximum absolute atomic E-state index is 11.5. The first kappa shape index (κ1) is 17.5. The monoisotopic (exact) mass is 317 g/mol. The lowest BCUT2D eigenvalue weighted by atomic mass is 9.94. The molecule has 1 aliphatic rings. The largest absolute Gasteiger partial charge is 0.411 e. The van der Waals surface area contributed by atoms with Crippen LogP contribution in [0.5, 0.6) is 0 Å². The van der Waals surface area contributed by atoms with Crippen LogP contribution in [0.4, 0.5) is 0 Å². The highest BCUT2D eigenvalue weighted by Crippen LogP contribution is 2.22. The second-order valence-electron chi connectivity index (χ2n) is 6.55. The molecule has 5 nitrogen and oxygen atoms in total. The summed E-state index contributed by atoms with van der Waals surface area (Å²) in [6.45, 7) is 9.06. The summed E-state index contributed by atoms with van der Waals surface area (Å²) in [5.41, 5.74) is 5.56. The Hall–Kier alpha value is -1.88. The third kappa shape index (κ3) is 5.06. The molecule has 2 N–H and O–H groups in total. The van der Waals surface area contributed by atoms with E-state index in [1.54, 1.807) is 0 Å². The van der Waals surface area contributed by atoms with Crippen molar-refractivity contribution in [2.75, 3.05) is 13.1 Å². The summed E-state index contributed by atoms with van der Waals surface area (Å²) in [7, 11) is 0. The molecule has 0 aliphatic carbocycles. The van der Waals surface area contributed by atoms with E-state index in [4.69, 9.17) is 5.21 Å². The number of oxime groups is 1. The maximum atomic E-state index is 11.5. The van der Waals surface area contributed by atoms with Crippen LogP contribution in [0.3, 0.4) is 0 Å². The highest BCUT2D eigenvalue weighted by Gasteiger charge is 2.17. The summed E-state index contributed by atoms with van der Waals surface area (Å²) < 4.78 is 0. The average molecular weight is 317 g/mol. The number of hydrogen-bond acceptors (Lipinski definition) is 4. The lowest BCUT2D eigenvalue weighted by Gasteiger charge is -2.29. The highest BCUT2D eigenvalue weighted by atomic mass is 16.4. The van der Waals surface area contributed by atoms with Crippen LogP contribution in [0.1, 0.15) is 42.0 Å². The van der Waals surface area contributed by atoms with Crippen molar-refractivity contribution < 1.29 is 10.0 Å². The van der Waals surface area contributed by atoms with Gasteiger partial charge in [0.15, 0.2) is 0 Å². The summed E-state index contributed by atoms with van der Waals surface area (Å²) >= 11 is 0. The van der Waals surface area contributed by atoms with Crippen LogP contribution in [0.2, 0.25) is 0 Å². The zero-order valence-corrected chi connectivity index (χ0v) is 14.3. The van der Waals surface area contributed by atoms with Crippen LogP contribution < -0.4 is 5.32 Å². The molecule has 1 amide bonds. The van der Waals surface area contributed by atoms with Gasteiger partial charge in [-0.05, 0) is 68.8 Å². The van der Waals surface area contributed by atoms with Crippen molar-refractivity contribution >= 4 is 12.1 Å². The van der Waals surface area contributed by atoms with Crippen LogP contribution in [-0.2, 0) is 17.8 Å². The standard InChI is InChI=1S/C18H27N3O2/c1-13-8-16-6-4-5-7-21(12-17(16)9-14(13)2)11-15(3)20-18(22)10-19-23/h8-10,15,23H,4-7,11-12H2,1-3H3,(H,20,22)/b19-10-/t15-/m0/s1. The third-order valence-corrected chi connectivity index (χ3v) is 4.48. The lowest BCUT2D eigenvalue weighted by molar-refractivity contribution is -0.115. The normalized spacial score (nSPS) is 17.3. The van der Waals surface area contributed by atoms with E-state index in [0.29, 0.717) is 0 Å². The maximum Gasteiger partial charge on any atom is 0.266 e. The van der Waals surface area contributed by atoms with Gasteiger partial charge < -0.3 is 10.5 Å². The van der Waals surface area contributed by atoms with Gasteiger partial charge in [0.25, 0.3) is 5.91 Å². The topological polar surface area (TPSA) is 64.9 Å². The summed E-state index contributed by atoms with van der Waals surface area (Å²) in [6.07, 6.45) is 4.42. The molecule has 0 unspecified atom stereocenters. The van der Waals surface area contributed by atoms with Gasteiger partial charge in [-0.3, -0.25) is 9.69 Å². The summed E-state index contributed by atoms with van der Waals surface area (Å²) in [5, 5.41) is 14.0. The fourth-order valence-electron chi connectivity index (χ4n) is 3.21. The molecule has 5 heteroatoms. The minimum atomic E-state index is -0.362. The number of aryl methyl sites for hydroxylation is 3. The Kier molecular flexibility index (Phi) is 6.16. The first-order valence-corrected chi connectivity index (χ1v) is 8.29. The molecular formula is C18H27N3O2.